The van der Waals surface area contributed by atoms with Crippen LogP contribution in [-0.4, -0.2) is 35.3 Å². The highest BCUT2D eigenvalue weighted by Gasteiger charge is 2.31. The molecule has 1 saturated heterocycles. The number of hydrogen-bond donors (Lipinski definition) is 2. The van der Waals surface area contributed by atoms with Crippen molar-refractivity contribution in [2.45, 2.75) is 38.1 Å². The Morgan fingerprint density at radius 1 is 1.54 bits per heavy atom. The number of aliphatic hydroxyl groups excluding tert-OH is 1. The van der Waals surface area contributed by atoms with Gasteiger partial charge in [-0.25, -0.2) is 0 Å². The first-order chi connectivity index (χ1) is 6.33. The quantitative estimate of drug-likeness (QED) is 0.644. The van der Waals surface area contributed by atoms with E-state index in [1.54, 1.807) is 0 Å². The van der Waals surface area contributed by atoms with E-state index in [1.165, 1.54) is 24.3 Å². The first-order valence-electron chi connectivity index (χ1n) is 5.26. The van der Waals surface area contributed by atoms with Crippen molar-refractivity contribution in [3.63, 3.8) is 0 Å². The van der Waals surface area contributed by atoms with E-state index >= 15 is 0 Å². The van der Waals surface area contributed by atoms with Crippen LogP contribution in [0.3, 0.4) is 0 Å². The van der Waals surface area contributed by atoms with Crippen molar-refractivity contribution in [3.8, 4) is 0 Å². The number of nitrogens with one attached hydrogen (secondary N) is 1. The summed E-state index contributed by atoms with van der Waals surface area (Å²) < 4.78 is 0. The Hall–Kier alpha value is 0.270. The minimum atomic E-state index is 0.0777. The fourth-order valence-electron chi connectivity index (χ4n) is 1.95. The van der Waals surface area contributed by atoms with Gasteiger partial charge in [-0.3, -0.25) is 0 Å². The Morgan fingerprint density at radius 2 is 2.38 bits per heavy atom. The van der Waals surface area contributed by atoms with Crippen LogP contribution in [0.5, 0.6) is 0 Å². The molecule has 78 valence electrons. The Morgan fingerprint density at radius 3 is 2.92 bits per heavy atom. The molecule has 0 aromatic heterocycles. The summed E-state index contributed by atoms with van der Waals surface area (Å²) in [6.07, 6.45) is 4.74. The van der Waals surface area contributed by atoms with Crippen molar-refractivity contribution in [2.24, 2.45) is 0 Å². The summed E-state index contributed by atoms with van der Waals surface area (Å²) >= 11 is 1.99. The molecule has 0 aromatic rings. The van der Waals surface area contributed by atoms with Crippen LogP contribution in [0.1, 0.15) is 32.6 Å². The molecule has 0 radical (unpaired) electrons. The Labute approximate surface area is 85.5 Å². The van der Waals surface area contributed by atoms with E-state index < -0.39 is 0 Å². The number of hydrogen-bond acceptors (Lipinski definition) is 3. The third-order valence-electron chi connectivity index (χ3n) is 2.78. The smallest absolute Gasteiger partial charge is 0.0613 e. The normalized spacial score (nSPS) is 28.2. The largest absolute Gasteiger partial charge is 0.394 e. The van der Waals surface area contributed by atoms with Gasteiger partial charge < -0.3 is 10.4 Å². The average molecular weight is 203 g/mol. The second kappa shape index (κ2) is 5.89. The molecule has 0 spiro atoms. The molecule has 2 N–H and O–H groups in total. The standard InChI is InChI=1S/C10H21NOS/c1-2-13-8-4-6-10(9-12)5-3-7-11-10/h11-12H,2-9H2,1H3. The van der Waals surface area contributed by atoms with Crippen LogP contribution >= 0.6 is 11.8 Å². The molecule has 1 heterocycles. The highest BCUT2D eigenvalue weighted by atomic mass is 32.2. The molecule has 1 aliphatic rings. The van der Waals surface area contributed by atoms with Crippen LogP contribution in [0, 0.1) is 0 Å². The van der Waals surface area contributed by atoms with E-state index in [0.717, 1.165) is 19.4 Å². The highest BCUT2D eigenvalue weighted by molar-refractivity contribution is 7.99. The molecule has 1 unspecified atom stereocenters. The molecule has 1 atom stereocenters. The van der Waals surface area contributed by atoms with Crippen molar-refractivity contribution in [1.82, 2.24) is 5.32 Å². The summed E-state index contributed by atoms with van der Waals surface area (Å²) in [6.45, 7) is 3.59. The van der Waals surface area contributed by atoms with Crippen molar-refractivity contribution in [2.75, 3.05) is 24.7 Å². The minimum absolute atomic E-state index is 0.0777. The molecule has 13 heavy (non-hydrogen) atoms. The second-order valence-corrected chi connectivity index (χ2v) is 5.16. The van der Waals surface area contributed by atoms with Gasteiger partial charge in [-0.15, -0.1) is 0 Å². The Bertz CT molecular complexity index is 135. The summed E-state index contributed by atoms with van der Waals surface area (Å²) in [4.78, 5) is 0. The maximum atomic E-state index is 9.30. The lowest BCUT2D eigenvalue weighted by atomic mass is 9.93. The van der Waals surface area contributed by atoms with Crippen LogP contribution < -0.4 is 5.32 Å². The lowest BCUT2D eigenvalue weighted by Gasteiger charge is -2.26. The van der Waals surface area contributed by atoms with Crippen molar-refractivity contribution >= 4 is 11.8 Å². The van der Waals surface area contributed by atoms with Crippen LogP contribution in [-0.2, 0) is 0 Å². The SMILES string of the molecule is CCSCCCC1(CO)CCCN1. The van der Waals surface area contributed by atoms with Crippen LogP contribution in [0.15, 0.2) is 0 Å². The average Bonchev–Trinajstić information content (AvgIpc) is 2.62. The van der Waals surface area contributed by atoms with Crippen LogP contribution in [0.2, 0.25) is 0 Å². The fourth-order valence-corrected chi connectivity index (χ4v) is 2.59. The maximum Gasteiger partial charge on any atom is 0.0613 e. The van der Waals surface area contributed by atoms with Crippen molar-refractivity contribution < 1.29 is 5.11 Å². The van der Waals surface area contributed by atoms with Crippen molar-refractivity contribution in [3.05, 3.63) is 0 Å². The van der Waals surface area contributed by atoms with E-state index in [2.05, 4.69) is 12.2 Å². The van der Waals surface area contributed by atoms with Gasteiger partial charge in [0.05, 0.1) is 6.61 Å². The molecular weight excluding hydrogens is 182 g/mol. The summed E-state index contributed by atoms with van der Waals surface area (Å²) in [7, 11) is 0. The summed E-state index contributed by atoms with van der Waals surface area (Å²) in [5.41, 5.74) is 0.0777. The van der Waals surface area contributed by atoms with Crippen molar-refractivity contribution in [1.29, 1.82) is 0 Å². The number of rotatable bonds is 6. The molecular formula is C10H21NOS. The van der Waals surface area contributed by atoms with Gasteiger partial charge in [-0.05, 0) is 43.7 Å². The van der Waals surface area contributed by atoms with Gasteiger partial charge in [0.2, 0.25) is 0 Å². The molecule has 1 rings (SSSR count). The van der Waals surface area contributed by atoms with E-state index in [-0.39, 0.29) is 5.54 Å². The third-order valence-corrected chi connectivity index (χ3v) is 3.77. The highest BCUT2D eigenvalue weighted by Crippen LogP contribution is 2.24. The lowest BCUT2D eigenvalue weighted by Crippen LogP contribution is -2.43. The van der Waals surface area contributed by atoms with Gasteiger partial charge in [0, 0.05) is 5.54 Å². The van der Waals surface area contributed by atoms with E-state index in [1.807, 2.05) is 11.8 Å². The molecule has 3 heteroatoms. The molecule has 0 saturated carbocycles. The van der Waals surface area contributed by atoms with Gasteiger partial charge in [0.1, 0.15) is 0 Å². The van der Waals surface area contributed by atoms with E-state index in [9.17, 15) is 5.11 Å². The van der Waals surface area contributed by atoms with Gasteiger partial charge in [0.15, 0.2) is 0 Å². The van der Waals surface area contributed by atoms with Gasteiger partial charge >= 0.3 is 0 Å². The maximum absolute atomic E-state index is 9.30. The number of aliphatic hydroxyl groups is 1. The molecule has 0 bridgehead atoms. The molecule has 0 amide bonds. The van der Waals surface area contributed by atoms with Gasteiger partial charge in [-0.2, -0.15) is 11.8 Å². The van der Waals surface area contributed by atoms with Gasteiger partial charge in [-0.1, -0.05) is 6.92 Å². The molecule has 1 aliphatic heterocycles. The molecule has 0 aliphatic carbocycles. The first-order valence-corrected chi connectivity index (χ1v) is 6.42. The number of thioether (sulfide) groups is 1. The molecule has 1 fully saturated rings. The predicted octanol–water partition coefficient (Wildman–Crippen LogP) is 1.63. The van der Waals surface area contributed by atoms with Gasteiger partial charge in [0.25, 0.3) is 0 Å². The molecule has 0 aromatic carbocycles. The summed E-state index contributed by atoms with van der Waals surface area (Å²) in [6, 6.07) is 0. The Kier molecular flexibility index (Phi) is 5.14. The zero-order chi connectivity index (χ0) is 9.57. The second-order valence-electron chi connectivity index (χ2n) is 3.77. The predicted molar refractivity (Wildman–Crippen MR) is 59.3 cm³/mol. The molecule has 2 nitrogen and oxygen atoms in total. The summed E-state index contributed by atoms with van der Waals surface area (Å²) in [5, 5.41) is 12.7. The summed E-state index contributed by atoms with van der Waals surface area (Å²) in [5.74, 6) is 2.44. The lowest BCUT2D eigenvalue weighted by molar-refractivity contribution is 0.168. The van der Waals surface area contributed by atoms with Crippen LogP contribution in [0.25, 0.3) is 0 Å². The van der Waals surface area contributed by atoms with Crippen LogP contribution in [0.4, 0.5) is 0 Å². The topological polar surface area (TPSA) is 32.3 Å². The Balaban J connectivity index is 2.16. The fraction of sp³-hybridized carbons (Fsp3) is 1.00. The van der Waals surface area contributed by atoms with E-state index in [0.29, 0.717) is 6.61 Å². The zero-order valence-electron chi connectivity index (χ0n) is 8.51. The monoisotopic (exact) mass is 203 g/mol. The first kappa shape index (κ1) is 11.3. The minimum Gasteiger partial charge on any atom is -0.394 e. The van der Waals surface area contributed by atoms with E-state index in [4.69, 9.17) is 0 Å². The zero-order valence-corrected chi connectivity index (χ0v) is 9.33. The third kappa shape index (κ3) is 3.49.